The molecule has 0 aliphatic carbocycles. The minimum absolute atomic E-state index is 0.795. The Morgan fingerprint density at radius 2 is 2.58 bits per heavy atom. The second-order valence-corrected chi connectivity index (χ2v) is 3.01. The van der Waals surface area contributed by atoms with Gasteiger partial charge in [0.1, 0.15) is 0 Å². The van der Waals surface area contributed by atoms with Gasteiger partial charge in [-0.25, -0.2) is 4.98 Å². The highest BCUT2D eigenvalue weighted by molar-refractivity contribution is 5.60. The van der Waals surface area contributed by atoms with E-state index in [1.165, 1.54) is 5.57 Å². The quantitative estimate of drug-likeness (QED) is 0.648. The highest BCUT2D eigenvalue weighted by atomic mass is 15.2. The van der Waals surface area contributed by atoms with Gasteiger partial charge in [0.25, 0.3) is 0 Å². The van der Waals surface area contributed by atoms with Crippen molar-refractivity contribution in [2.24, 2.45) is 0 Å². The summed E-state index contributed by atoms with van der Waals surface area (Å²) in [5.74, 6) is 0.795. The Bertz CT molecular complexity index is 275. The summed E-state index contributed by atoms with van der Waals surface area (Å²) < 4.78 is 0. The van der Waals surface area contributed by atoms with Gasteiger partial charge in [0.15, 0.2) is 12.2 Å². The van der Waals surface area contributed by atoms with Crippen LogP contribution in [0, 0.1) is 6.33 Å². The number of nitrogens with zero attached hydrogens (tertiary/aromatic N) is 3. The van der Waals surface area contributed by atoms with Gasteiger partial charge in [-0.3, -0.25) is 5.10 Å². The van der Waals surface area contributed by atoms with Crippen molar-refractivity contribution in [1.82, 2.24) is 20.1 Å². The van der Waals surface area contributed by atoms with Crippen molar-refractivity contribution in [1.29, 1.82) is 0 Å². The fourth-order valence-electron chi connectivity index (χ4n) is 1.30. The van der Waals surface area contributed by atoms with Crippen molar-refractivity contribution in [3.05, 3.63) is 18.2 Å². The van der Waals surface area contributed by atoms with Crippen LogP contribution in [0.2, 0.25) is 0 Å². The van der Waals surface area contributed by atoms with Crippen LogP contribution in [-0.2, 0) is 0 Å². The maximum atomic E-state index is 3.99. The normalized spacial score (nSPS) is 19.2. The Hall–Kier alpha value is -1.16. The van der Waals surface area contributed by atoms with Crippen molar-refractivity contribution in [2.75, 3.05) is 20.1 Å². The second-order valence-electron chi connectivity index (χ2n) is 3.01. The Balaban J connectivity index is 2.16. The molecule has 0 spiro atoms. The molecule has 0 atom stereocenters. The molecule has 1 aliphatic heterocycles. The molecule has 4 nitrogen and oxygen atoms in total. The lowest BCUT2D eigenvalue weighted by Gasteiger charge is -2.20. The predicted molar refractivity (Wildman–Crippen MR) is 45.3 cm³/mol. The number of hydrogen-bond donors (Lipinski definition) is 1. The number of hydrogen-bond acceptors (Lipinski definition) is 3. The molecule has 0 saturated heterocycles. The average Bonchev–Trinajstić information content (AvgIpc) is 2.58. The largest absolute Gasteiger partial charge is 0.302 e. The van der Waals surface area contributed by atoms with E-state index in [9.17, 15) is 0 Å². The topological polar surface area (TPSA) is 44.8 Å². The molecule has 0 saturated carbocycles. The number of rotatable bonds is 1. The first kappa shape index (κ1) is 7.49. The zero-order valence-corrected chi connectivity index (χ0v) is 7.04. The van der Waals surface area contributed by atoms with E-state index >= 15 is 0 Å². The summed E-state index contributed by atoms with van der Waals surface area (Å²) in [6.07, 6.45) is 5.79. The molecule has 1 aliphatic rings. The fraction of sp³-hybridized carbons (Fsp3) is 0.500. The molecular weight excluding hydrogens is 152 g/mol. The molecule has 0 bridgehead atoms. The smallest absolute Gasteiger partial charge is 0.193 e. The van der Waals surface area contributed by atoms with E-state index in [1.807, 2.05) is 0 Å². The number of H-pyrrole nitrogens is 1. The van der Waals surface area contributed by atoms with Crippen molar-refractivity contribution in [3.63, 3.8) is 0 Å². The third kappa shape index (κ3) is 1.38. The Morgan fingerprint density at radius 1 is 1.67 bits per heavy atom. The summed E-state index contributed by atoms with van der Waals surface area (Å²) in [6, 6.07) is 0. The van der Waals surface area contributed by atoms with Crippen LogP contribution in [-0.4, -0.2) is 40.2 Å². The lowest BCUT2D eigenvalue weighted by atomic mass is 10.1. The molecule has 1 N–H and O–H groups in total. The molecule has 1 aromatic heterocycles. The third-order valence-electron chi connectivity index (χ3n) is 2.07. The van der Waals surface area contributed by atoms with Gasteiger partial charge in [-0.2, -0.15) is 5.10 Å². The minimum Gasteiger partial charge on any atom is -0.302 e. The van der Waals surface area contributed by atoms with Gasteiger partial charge in [-0.15, -0.1) is 0 Å². The van der Waals surface area contributed by atoms with E-state index in [2.05, 4.69) is 39.5 Å². The summed E-state index contributed by atoms with van der Waals surface area (Å²) in [6.45, 7) is 2.07. The van der Waals surface area contributed by atoms with Crippen LogP contribution in [0.15, 0.2) is 6.08 Å². The first-order chi connectivity index (χ1) is 5.86. The van der Waals surface area contributed by atoms with E-state index in [4.69, 9.17) is 0 Å². The van der Waals surface area contributed by atoms with Crippen LogP contribution in [0.3, 0.4) is 0 Å². The lowest BCUT2D eigenvalue weighted by molar-refractivity contribution is 0.369. The van der Waals surface area contributed by atoms with Crippen LogP contribution in [0.1, 0.15) is 12.2 Å². The number of aromatic amines is 1. The Morgan fingerprint density at radius 3 is 3.17 bits per heavy atom. The SMILES string of the molecule is CN1CC=C(c2n[c][nH]n2)CC1. The molecule has 0 aromatic carbocycles. The monoisotopic (exact) mass is 163 g/mol. The van der Waals surface area contributed by atoms with E-state index in [0.717, 1.165) is 25.3 Å². The first-order valence-corrected chi connectivity index (χ1v) is 4.02. The number of likely N-dealkylation sites (N-methyl/N-ethyl adjacent to an activating group) is 1. The maximum Gasteiger partial charge on any atom is 0.193 e. The lowest BCUT2D eigenvalue weighted by Crippen LogP contribution is -2.23. The van der Waals surface area contributed by atoms with Crippen LogP contribution in [0.4, 0.5) is 0 Å². The molecule has 63 valence electrons. The van der Waals surface area contributed by atoms with Crippen LogP contribution in [0.25, 0.3) is 5.57 Å². The molecule has 2 rings (SSSR count). The van der Waals surface area contributed by atoms with Crippen molar-refractivity contribution >= 4 is 5.57 Å². The molecule has 1 radical (unpaired) electrons. The third-order valence-corrected chi connectivity index (χ3v) is 2.07. The number of nitrogens with one attached hydrogen (secondary N) is 1. The summed E-state index contributed by atoms with van der Waals surface area (Å²) in [7, 11) is 2.11. The minimum atomic E-state index is 0.795. The summed E-state index contributed by atoms with van der Waals surface area (Å²) >= 11 is 0. The zero-order chi connectivity index (χ0) is 8.39. The van der Waals surface area contributed by atoms with E-state index in [-0.39, 0.29) is 0 Å². The van der Waals surface area contributed by atoms with E-state index in [1.54, 1.807) is 0 Å². The molecular formula is C8H11N4. The zero-order valence-electron chi connectivity index (χ0n) is 7.04. The molecule has 0 amide bonds. The van der Waals surface area contributed by atoms with Gasteiger partial charge in [-0.05, 0) is 19.0 Å². The van der Waals surface area contributed by atoms with Crippen molar-refractivity contribution in [2.45, 2.75) is 6.42 Å². The fourth-order valence-corrected chi connectivity index (χ4v) is 1.30. The molecule has 4 heteroatoms. The standard InChI is InChI=1S/C8H11N4/c1-12-4-2-7(3-5-12)8-9-6-10-11-8/h2H,3-5H2,1H3,(H,9,10,11). The van der Waals surface area contributed by atoms with Gasteiger partial charge >= 0.3 is 0 Å². The van der Waals surface area contributed by atoms with Crippen molar-refractivity contribution < 1.29 is 0 Å². The first-order valence-electron chi connectivity index (χ1n) is 4.02. The molecule has 12 heavy (non-hydrogen) atoms. The average molecular weight is 163 g/mol. The van der Waals surface area contributed by atoms with Crippen LogP contribution >= 0.6 is 0 Å². The molecule has 0 fully saturated rings. The summed E-state index contributed by atoms with van der Waals surface area (Å²) in [5.41, 5.74) is 1.23. The highest BCUT2D eigenvalue weighted by Gasteiger charge is 2.11. The van der Waals surface area contributed by atoms with Gasteiger partial charge in [0.2, 0.25) is 0 Å². The van der Waals surface area contributed by atoms with Gasteiger partial charge in [-0.1, -0.05) is 6.08 Å². The van der Waals surface area contributed by atoms with Crippen LogP contribution < -0.4 is 0 Å². The predicted octanol–water partition coefficient (Wildman–Crippen LogP) is 0.324. The second kappa shape index (κ2) is 3.06. The summed E-state index contributed by atoms with van der Waals surface area (Å²) in [4.78, 5) is 6.25. The molecule has 1 aromatic rings. The van der Waals surface area contributed by atoms with Gasteiger partial charge < -0.3 is 4.90 Å². The maximum absolute atomic E-state index is 3.99. The van der Waals surface area contributed by atoms with E-state index < -0.39 is 0 Å². The van der Waals surface area contributed by atoms with Gasteiger partial charge in [0, 0.05) is 13.1 Å². The van der Waals surface area contributed by atoms with Crippen molar-refractivity contribution in [3.8, 4) is 0 Å². The molecule has 0 unspecified atom stereocenters. The number of aromatic nitrogens is 3. The van der Waals surface area contributed by atoms with Gasteiger partial charge in [0.05, 0.1) is 0 Å². The van der Waals surface area contributed by atoms with E-state index in [0.29, 0.717) is 0 Å². The molecule has 2 heterocycles. The highest BCUT2D eigenvalue weighted by Crippen LogP contribution is 2.16. The summed E-state index contributed by atoms with van der Waals surface area (Å²) in [5, 5.41) is 6.58. The Labute approximate surface area is 71.3 Å². The van der Waals surface area contributed by atoms with Crippen LogP contribution in [0.5, 0.6) is 0 Å². The Kier molecular flexibility index (Phi) is 1.91.